The normalized spacial score (nSPS) is 30.3. The Balaban J connectivity index is 1.60. The number of ether oxygens (including phenoxy) is 1. The van der Waals surface area contributed by atoms with Gasteiger partial charge in [0.25, 0.3) is 0 Å². The molecular formula is C16H26N2O3. The maximum absolute atomic E-state index is 12.6. The van der Waals surface area contributed by atoms with Crippen molar-refractivity contribution in [3.05, 3.63) is 0 Å². The molecule has 118 valence electrons. The molecule has 2 saturated heterocycles. The summed E-state index contributed by atoms with van der Waals surface area (Å²) in [7, 11) is 0. The standard InChI is InChI=1S/C16H26N2O3/c1-2-13-15(19)17-9-5-8-14(17)16(20)18(13)10-11-21-12-6-3-4-7-12/h12-14H,2-11H2,1H3. The van der Waals surface area contributed by atoms with Crippen molar-refractivity contribution in [2.24, 2.45) is 0 Å². The molecule has 0 N–H and O–H groups in total. The van der Waals surface area contributed by atoms with Crippen molar-refractivity contribution in [1.82, 2.24) is 9.80 Å². The molecule has 2 heterocycles. The van der Waals surface area contributed by atoms with E-state index in [1.807, 2.05) is 6.92 Å². The average Bonchev–Trinajstić information content (AvgIpc) is 3.15. The van der Waals surface area contributed by atoms with Gasteiger partial charge in [0.05, 0.1) is 12.7 Å². The topological polar surface area (TPSA) is 49.9 Å². The highest BCUT2D eigenvalue weighted by molar-refractivity contribution is 5.97. The Morgan fingerprint density at radius 2 is 1.86 bits per heavy atom. The lowest BCUT2D eigenvalue weighted by Crippen LogP contribution is -2.63. The van der Waals surface area contributed by atoms with Crippen LogP contribution >= 0.6 is 0 Å². The zero-order valence-electron chi connectivity index (χ0n) is 12.9. The SMILES string of the molecule is CCC1C(=O)N2CCCC2C(=O)N1CCOC1CCCC1. The molecule has 1 aliphatic carbocycles. The molecule has 2 unspecified atom stereocenters. The number of carbonyl (C=O) groups is 2. The van der Waals surface area contributed by atoms with Crippen LogP contribution < -0.4 is 0 Å². The summed E-state index contributed by atoms with van der Waals surface area (Å²) in [6.45, 7) is 3.85. The van der Waals surface area contributed by atoms with Crippen molar-refractivity contribution in [2.45, 2.75) is 70.1 Å². The first-order chi connectivity index (χ1) is 10.2. The summed E-state index contributed by atoms with van der Waals surface area (Å²) in [6.07, 6.45) is 7.61. The van der Waals surface area contributed by atoms with Crippen LogP contribution in [0.3, 0.4) is 0 Å². The molecule has 0 radical (unpaired) electrons. The highest BCUT2D eigenvalue weighted by Gasteiger charge is 2.46. The molecule has 0 bridgehead atoms. The Bertz CT molecular complexity index is 406. The Morgan fingerprint density at radius 3 is 2.57 bits per heavy atom. The molecule has 2 amide bonds. The van der Waals surface area contributed by atoms with Crippen LogP contribution in [0.25, 0.3) is 0 Å². The Kier molecular flexibility index (Phi) is 4.48. The van der Waals surface area contributed by atoms with Gasteiger partial charge in [-0.15, -0.1) is 0 Å². The number of hydrogen-bond acceptors (Lipinski definition) is 3. The summed E-state index contributed by atoms with van der Waals surface area (Å²) in [6, 6.07) is -0.481. The predicted molar refractivity (Wildman–Crippen MR) is 78.7 cm³/mol. The largest absolute Gasteiger partial charge is 0.376 e. The minimum atomic E-state index is -0.279. The maximum atomic E-state index is 12.6. The number of carbonyl (C=O) groups excluding carboxylic acids is 2. The molecule has 0 aromatic carbocycles. The third-order valence-electron chi connectivity index (χ3n) is 5.14. The maximum Gasteiger partial charge on any atom is 0.246 e. The van der Waals surface area contributed by atoms with E-state index in [2.05, 4.69) is 0 Å². The van der Waals surface area contributed by atoms with Gasteiger partial charge in [0, 0.05) is 13.1 Å². The highest BCUT2D eigenvalue weighted by Crippen LogP contribution is 2.28. The highest BCUT2D eigenvalue weighted by atomic mass is 16.5. The molecule has 2 aliphatic heterocycles. The van der Waals surface area contributed by atoms with E-state index in [4.69, 9.17) is 4.74 Å². The number of hydrogen-bond donors (Lipinski definition) is 0. The van der Waals surface area contributed by atoms with Crippen LogP contribution in [0.4, 0.5) is 0 Å². The van der Waals surface area contributed by atoms with E-state index in [9.17, 15) is 9.59 Å². The molecule has 1 saturated carbocycles. The molecule has 21 heavy (non-hydrogen) atoms. The number of amides is 2. The molecule has 3 aliphatic rings. The Hall–Kier alpha value is -1.10. The molecule has 3 fully saturated rings. The van der Waals surface area contributed by atoms with Crippen molar-refractivity contribution >= 4 is 11.8 Å². The molecule has 5 nitrogen and oxygen atoms in total. The quantitative estimate of drug-likeness (QED) is 0.773. The lowest BCUT2D eigenvalue weighted by atomic mass is 10.0. The van der Waals surface area contributed by atoms with Crippen LogP contribution in [-0.4, -0.2) is 59.5 Å². The second-order valence-electron chi connectivity index (χ2n) is 6.42. The van der Waals surface area contributed by atoms with Crippen molar-refractivity contribution in [3.63, 3.8) is 0 Å². The van der Waals surface area contributed by atoms with Gasteiger partial charge in [0.2, 0.25) is 11.8 Å². The van der Waals surface area contributed by atoms with Gasteiger partial charge in [-0.3, -0.25) is 9.59 Å². The zero-order chi connectivity index (χ0) is 14.8. The number of fused-ring (bicyclic) bond motifs is 1. The van der Waals surface area contributed by atoms with Gasteiger partial charge in [-0.25, -0.2) is 0 Å². The van der Waals surface area contributed by atoms with Gasteiger partial charge in [0.15, 0.2) is 0 Å². The fraction of sp³-hybridized carbons (Fsp3) is 0.875. The van der Waals surface area contributed by atoms with E-state index in [1.165, 1.54) is 12.8 Å². The minimum absolute atomic E-state index is 0.133. The summed E-state index contributed by atoms with van der Waals surface area (Å²) in [4.78, 5) is 28.7. The number of rotatable bonds is 5. The number of nitrogens with zero attached hydrogens (tertiary/aromatic N) is 2. The fourth-order valence-corrected chi connectivity index (χ4v) is 3.99. The number of piperazine rings is 1. The first-order valence-electron chi connectivity index (χ1n) is 8.45. The molecule has 3 rings (SSSR count). The van der Waals surface area contributed by atoms with E-state index in [1.54, 1.807) is 9.80 Å². The van der Waals surface area contributed by atoms with Crippen molar-refractivity contribution in [2.75, 3.05) is 19.7 Å². The molecule has 0 aromatic rings. The van der Waals surface area contributed by atoms with Gasteiger partial charge in [-0.1, -0.05) is 19.8 Å². The van der Waals surface area contributed by atoms with Gasteiger partial charge in [-0.2, -0.15) is 0 Å². The minimum Gasteiger partial charge on any atom is -0.376 e. The zero-order valence-corrected chi connectivity index (χ0v) is 12.9. The van der Waals surface area contributed by atoms with E-state index in [0.29, 0.717) is 25.7 Å². The van der Waals surface area contributed by atoms with Gasteiger partial charge < -0.3 is 14.5 Å². The average molecular weight is 294 g/mol. The van der Waals surface area contributed by atoms with Crippen molar-refractivity contribution < 1.29 is 14.3 Å². The molecule has 0 spiro atoms. The lowest BCUT2D eigenvalue weighted by molar-refractivity contribution is -0.160. The van der Waals surface area contributed by atoms with Crippen LogP contribution in [0.2, 0.25) is 0 Å². The molecule has 2 atom stereocenters. The summed E-state index contributed by atoms with van der Waals surface area (Å²) < 4.78 is 5.87. The van der Waals surface area contributed by atoms with Gasteiger partial charge in [0.1, 0.15) is 12.1 Å². The fourth-order valence-electron chi connectivity index (χ4n) is 3.99. The summed E-state index contributed by atoms with van der Waals surface area (Å²) in [5.74, 6) is 0.273. The monoisotopic (exact) mass is 294 g/mol. The lowest BCUT2D eigenvalue weighted by Gasteiger charge is -2.42. The molecule has 5 heteroatoms. The summed E-state index contributed by atoms with van der Waals surface area (Å²) >= 11 is 0. The third kappa shape index (κ3) is 2.80. The van der Waals surface area contributed by atoms with Gasteiger partial charge >= 0.3 is 0 Å². The summed E-state index contributed by atoms with van der Waals surface area (Å²) in [5.41, 5.74) is 0. The Labute approximate surface area is 126 Å². The van der Waals surface area contributed by atoms with E-state index in [-0.39, 0.29) is 23.9 Å². The van der Waals surface area contributed by atoms with E-state index >= 15 is 0 Å². The molecule has 0 aromatic heterocycles. The van der Waals surface area contributed by atoms with Crippen LogP contribution in [0.5, 0.6) is 0 Å². The van der Waals surface area contributed by atoms with Gasteiger partial charge in [-0.05, 0) is 32.1 Å². The smallest absolute Gasteiger partial charge is 0.246 e. The second-order valence-corrected chi connectivity index (χ2v) is 6.42. The van der Waals surface area contributed by atoms with Crippen molar-refractivity contribution in [3.8, 4) is 0 Å². The molecular weight excluding hydrogens is 268 g/mol. The summed E-state index contributed by atoms with van der Waals surface area (Å²) in [5, 5.41) is 0. The van der Waals surface area contributed by atoms with Crippen LogP contribution in [0.1, 0.15) is 51.9 Å². The van der Waals surface area contributed by atoms with Crippen molar-refractivity contribution in [1.29, 1.82) is 0 Å². The third-order valence-corrected chi connectivity index (χ3v) is 5.14. The predicted octanol–water partition coefficient (Wildman–Crippen LogP) is 1.56. The van der Waals surface area contributed by atoms with Crippen LogP contribution in [0, 0.1) is 0 Å². The first-order valence-corrected chi connectivity index (χ1v) is 8.45. The second kappa shape index (κ2) is 6.34. The van der Waals surface area contributed by atoms with E-state index < -0.39 is 0 Å². The first kappa shape index (κ1) is 14.8. The Morgan fingerprint density at radius 1 is 1.10 bits per heavy atom. The van der Waals surface area contributed by atoms with Crippen LogP contribution in [0.15, 0.2) is 0 Å². The van der Waals surface area contributed by atoms with E-state index in [0.717, 1.165) is 32.2 Å². The van der Waals surface area contributed by atoms with Crippen LogP contribution in [-0.2, 0) is 14.3 Å².